The summed E-state index contributed by atoms with van der Waals surface area (Å²) in [5.74, 6) is 0.575. The van der Waals surface area contributed by atoms with Gasteiger partial charge in [0.2, 0.25) is 0 Å². The Balaban J connectivity index is 2.21. The molecular weight excluding hydrogens is 220 g/mol. The predicted molar refractivity (Wildman–Crippen MR) is 73.5 cm³/mol. The second-order valence-electron chi connectivity index (χ2n) is 5.28. The number of hydrogen-bond acceptors (Lipinski definition) is 1. The van der Waals surface area contributed by atoms with E-state index < -0.39 is 0 Å². The zero-order chi connectivity index (χ0) is 12.5. The molecule has 1 fully saturated rings. The Morgan fingerprint density at radius 3 is 2.61 bits per heavy atom. The molecule has 3 rings (SSSR count). The molecule has 0 spiro atoms. The summed E-state index contributed by atoms with van der Waals surface area (Å²) < 4.78 is 2.24. The molecular formula is C16H18N2. The SMILES string of the molecule is Cn1c(C2CCCCC2)c(C#N)c2ccccc21. The van der Waals surface area contributed by atoms with Gasteiger partial charge in [0.1, 0.15) is 6.07 Å². The molecule has 1 aromatic heterocycles. The van der Waals surface area contributed by atoms with Crippen LogP contribution in [0.1, 0.15) is 49.3 Å². The molecule has 0 radical (unpaired) electrons. The van der Waals surface area contributed by atoms with Crippen LogP contribution in [0, 0.1) is 11.3 Å². The standard InChI is InChI=1S/C16H18N2/c1-18-15-10-6-5-9-13(15)14(11-17)16(18)12-7-3-2-4-8-12/h5-6,9-10,12H,2-4,7-8H2,1H3. The summed E-state index contributed by atoms with van der Waals surface area (Å²) in [6.45, 7) is 0. The van der Waals surface area contributed by atoms with E-state index in [1.165, 1.54) is 43.3 Å². The molecule has 0 N–H and O–H groups in total. The molecule has 2 nitrogen and oxygen atoms in total. The summed E-state index contributed by atoms with van der Waals surface area (Å²) in [7, 11) is 2.10. The van der Waals surface area contributed by atoms with Gasteiger partial charge in [-0.1, -0.05) is 37.5 Å². The lowest BCUT2D eigenvalue weighted by Crippen LogP contribution is -2.10. The van der Waals surface area contributed by atoms with Crippen molar-refractivity contribution in [1.29, 1.82) is 5.26 Å². The maximum Gasteiger partial charge on any atom is 0.102 e. The zero-order valence-electron chi connectivity index (χ0n) is 10.8. The minimum atomic E-state index is 0.575. The lowest BCUT2D eigenvalue weighted by Gasteiger charge is -2.22. The first-order chi connectivity index (χ1) is 8.83. The number of para-hydroxylation sites is 1. The fraction of sp³-hybridized carbons (Fsp3) is 0.438. The Hall–Kier alpha value is -1.75. The number of nitrogens with zero attached hydrogens (tertiary/aromatic N) is 2. The first kappa shape index (κ1) is 11.3. The first-order valence-electron chi connectivity index (χ1n) is 6.80. The van der Waals surface area contributed by atoms with Crippen LogP contribution in [0.25, 0.3) is 10.9 Å². The topological polar surface area (TPSA) is 28.7 Å². The molecule has 0 amide bonds. The van der Waals surface area contributed by atoms with Crippen molar-refractivity contribution < 1.29 is 0 Å². The zero-order valence-corrected chi connectivity index (χ0v) is 10.8. The lowest BCUT2D eigenvalue weighted by atomic mass is 9.85. The molecule has 2 aromatic rings. The summed E-state index contributed by atoms with van der Waals surface area (Å²) in [4.78, 5) is 0. The number of rotatable bonds is 1. The number of aryl methyl sites for hydroxylation is 1. The highest BCUT2D eigenvalue weighted by Gasteiger charge is 2.24. The third kappa shape index (κ3) is 1.62. The third-order valence-corrected chi connectivity index (χ3v) is 4.26. The molecule has 1 heterocycles. The maximum absolute atomic E-state index is 9.50. The molecule has 2 heteroatoms. The summed E-state index contributed by atoms with van der Waals surface area (Å²) in [5.41, 5.74) is 3.35. The molecule has 1 saturated carbocycles. The number of hydrogen-bond donors (Lipinski definition) is 0. The van der Waals surface area contributed by atoms with E-state index in [1.54, 1.807) is 0 Å². The minimum absolute atomic E-state index is 0.575. The number of fused-ring (bicyclic) bond motifs is 1. The smallest absolute Gasteiger partial charge is 0.102 e. The van der Waals surface area contributed by atoms with Crippen molar-refractivity contribution in [1.82, 2.24) is 4.57 Å². The summed E-state index contributed by atoms with van der Waals surface area (Å²) in [6.07, 6.45) is 6.42. The first-order valence-corrected chi connectivity index (χ1v) is 6.80. The van der Waals surface area contributed by atoms with Gasteiger partial charge in [0.25, 0.3) is 0 Å². The third-order valence-electron chi connectivity index (χ3n) is 4.26. The molecule has 18 heavy (non-hydrogen) atoms. The lowest BCUT2D eigenvalue weighted by molar-refractivity contribution is 0.430. The second kappa shape index (κ2) is 4.49. The monoisotopic (exact) mass is 238 g/mol. The van der Waals surface area contributed by atoms with E-state index in [-0.39, 0.29) is 0 Å². The van der Waals surface area contributed by atoms with Crippen molar-refractivity contribution in [2.45, 2.75) is 38.0 Å². The van der Waals surface area contributed by atoms with Crippen LogP contribution in [0.3, 0.4) is 0 Å². The van der Waals surface area contributed by atoms with Gasteiger partial charge in [0, 0.05) is 29.6 Å². The Bertz CT molecular complexity index is 610. The normalized spacial score (nSPS) is 16.9. The van der Waals surface area contributed by atoms with Gasteiger partial charge in [-0.3, -0.25) is 0 Å². The molecule has 1 aliphatic rings. The number of nitriles is 1. The van der Waals surface area contributed by atoms with Gasteiger partial charge in [-0.25, -0.2) is 0 Å². The second-order valence-corrected chi connectivity index (χ2v) is 5.28. The molecule has 1 aliphatic carbocycles. The quantitative estimate of drug-likeness (QED) is 0.735. The van der Waals surface area contributed by atoms with Gasteiger partial charge in [0.15, 0.2) is 0 Å². The Kier molecular flexibility index (Phi) is 2.83. The van der Waals surface area contributed by atoms with Gasteiger partial charge < -0.3 is 4.57 Å². The molecule has 0 saturated heterocycles. The van der Waals surface area contributed by atoms with E-state index in [0.29, 0.717) is 5.92 Å². The summed E-state index contributed by atoms with van der Waals surface area (Å²) >= 11 is 0. The Morgan fingerprint density at radius 2 is 1.89 bits per heavy atom. The fourth-order valence-electron chi connectivity index (χ4n) is 3.38. The molecule has 0 bridgehead atoms. The van der Waals surface area contributed by atoms with Crippen molar-refractivity contribution in [3.63, 3.8) is 0 Å². The number of aromatic nitrogens is 1. The van der Waals surface area contributed by atoms with E-state index >= 15 is 0 Å². The van der Waals surface area contributed by atoms with Gasteiger partial charge in [-0.15, -0.1) is 0 Å². The molecule has 0 aliphatic heterocycles. The van der Waals surface area contributed by atoms with Crippen LogP contribution in [0.5, 0.6) is 0 Å². The van der Waals surface area contributed by atoms with Crippen molar-refractivity contribution in [3.8, 4) is 6.07 Å². The van der Waals surface area contributed by atoms with Crippen LogP contribution in [-0.4, -0.2) is 4.57 Å². The van der Waals surface area contributed by atoms with Crippen LogP contribution in [0.4, 0.5) is 0 Å². The summed E-state index contributed by atoms with van der Waals surface area (Å²) in [6, 6.07) is 10.7. The van der Waals surface area contributed by atoms with E-state index in [9.17, 15) is 5.26 Å². The number of benzene rings is 1. The molecule has 92 valence electrons. The largest absolute Gasteiger partial charge is 0.346 e. The highest BCUT2D eigenvalue weighted by Crippen LogP contribution is 2.37. The Labute approximate surface area is 108 Å². The molecule has 0 unspecified atom stereocenters. The van der Waals surface area contributed by atoms with Gasteiger partial charge in [-0.05, 0) is 18.9 Å². The van der Waals surface area contributed by atoms with Crippen LogP contribution in [0.15, 0.2) is 24.3 Å². The van der Waals surface area contributed by atoms with Gasteiger partial charge in [0.05, 0.1) is 5.56 Å². The van der Waals surface area contributed by atoms with E-state index in [2.05, 4.69) is 29.8 Å². The van der Waals surface area contributed by atoms with Crippen molar-refractivity contribution in [2.75, 3.05) is 0 Å². The molecule has 1 aromatic carbocycles. The highest BCUT2D eigenvalue weighted by molar-refractivity contribution is 5.88. The van der Waals surface area contributed by atoms with Crippen molar-refractivity contribution in [3.05, 3.63) is 35.5 Å². The van der Waals surface area contributed by atoms with Gasteiger partial charge >= 0.3 is 0 Å². The fourth-order valence-corrected chi connectivity index (χ4v) is 3.38. The van der Waals surface area contributed by atoms with Crippen LogP contribution >= 0.6 is 0 Å². The Morgan fingerprint density at radius 1 is 1.17 bits per heavy atom. The average molecular weight is 238 g/mol. The predicted octanol–water partition coefficient (Wildman–Crippen LogP) is 4.10. The van der Waals surface area contributed by atoms with E-state index in [4.69, 9.17) is 0 Å². The van der Waals surface area contributed by atoms with Crippen molar-refractivity contribution in [2.24, 2.45) is 7.05 Å². The average Bonchev–Trinajstić information content (AvgIpc) is 2.73. The van der Waals surface area contributed by atoms with E-state index in [0.717, 1.165) is 10.9 Å². The molecule has 0 atom stereocenters. The van der Waals surface area contributed by atoms with E-state index in [1.807, 2.05) is 12.1 Å². The maximum atomic E-state index is 9.50. The van der Waals surface area contributed by atoms with Crippen molar-refractivity contribution >= 4 is 10.9 Å². The summed E-state index contributed by atoms with van der Waals surface area (Å²) in [5, 5.41) is 10.6. The highest BCUT2D eigenvalue weighted by atomic mass is 15.0. The van der Waals surface area contributed by atoms with Crippen LogP contribution in [0.2, 0.25) is 0 Å². The van der Waals surface area contributed by atoms with Gasteiger partial charge in [-0.2, -0.15) is 5.26 Å². The minimum Gasteiger partial charge on any atom is -0.346 e. The van der Waals surface area contributed by atoms with Crippen LogP contribution < -0.4 is 0 Å². The van der Waals surface area contributed by atoms with Crippen LogP contribution in [-0.2, 0) is 7.05 Å².